The topological polar surface area (TPSA) is 44.4 Å². The molecule has 0 spiro atoms. The van der Waals surface area contributed by atoms with Crippen LogP contribution in [-0.2, 0) is 4.79 Å². The second-order valence-corrected chi connectivity index (χ2v) is 6.87. The van der Waals surface area contributed by atoms with Crippen LogP contribution in [0.1, 0.15) is 51.4 Å². The average Bonchev–Trinajstić information content (AvgIpc) is 2.89. The van der Waals surface area contributed by atoms with Gasteiger partial charge in [-0.15, -0.1) is 0 Å². The Morgan fingerprint density at radius 2 is 1.95 bits per heavy atom. The van der Waals surface area contributed by atoms with E-state index in [2.05, 4.69) is 15.5 Å². The monoisotopic (exact) mass is 279 g/mol. The highest BCUT2D eigenvalue weighted by Crippen LogP contribution is 2.24. The second kappa shape index (κ2) is 6.90. The predicted octanol–water partition coefficient (Wildman–Crippen LogP) is 1.51. The first-order chi connectivity index (χ1) is 9.81. The van der Waals surface area contributed by atoms with Crippen LogP contribution in [0, 0.1) is 5.92 Å². The highest BCUT2D eigenvalue weighted by Gasteiger charge is 2.33. The van der Waals surface area contributed by atoms with Gasteiger partial charge in [-0.25, -0.2) is 0 Å². The van der Waals surface area contributed by atoms with Gasteiger partial charge in [-0.1, -0.05) is 19.3 Å². The van der Waals surface area contributed by atoms with E-state index in [0.29, 0.717) is 18.5 Å². The number of hydrogen-bond donors (Lipinski definition) is 2. The van der Waals surface area contributed by atoms with Gasteiger partial charge in [0.2, 0.25) is 5.91 Å². The van der Waals surface area contributed by atoms with Crippen LogP contribution in [0.4, 0.5) is 0 Å². The minimum absolute atomic E-state index is 0.264. The predicted molar refractivity (Wildman–Crippen MR) is 80.6 cm³/mol. The number of nitrogens with zero attached hydrogens (tertiary/aromatic N) is 1. The molecule has 1 saturated carbocycles. The summed E-state index contributed by atoms with van der Waals surface area (Å²) in [7, 11) is 0. The van der Waals surface area contributed by atoms with Crippen LogP contribution in [0.25, 0.3) is 0 Å². The molecular weight excluding hydrogens is 250 g/mol. The highest BCUT2D eigenvalue weighted by molar-refractivity contribution is 5.76. The number of carbonyl (C=O) groups is 1. The lowest BCUT2D eigenvalue weighted by Gasteiger charge is -2.24. The summed E-state index contributed by atoms with van der Waals surface area (Å²) in [5, 5.41) is 6.85. The van der Waals surface area contributed by atoms with Crippen molar-refractivity contribution in [2.24, 2.45) is 5.92 Å². The third kappa shape index (κ3) is 3.73. The van der Waals surface area contributed by atoms with Crippen LogP contribution in [0.5, 0.6) is 0 Å². The molecule has 3 rings (SSSR count). The molecule has 4 heteroatoms. The lowest BCUT2D eigenvalue weighted by Crippen LogP contribution is -2.41. The van der Waals surface area contributed by atoms with Crippen LogP contribution in [0.15, 0.2) is 0 Å². The molecule has 1 amide bonds. The normalized spacial score (nSPS) is 32.0. The number of fused-ring (bicyclic) bond motifs is 1. The zero-order valence-electron chi connectivity index (χ0n) is 12.6. The molecule has 20 heavy (non-hydrogen) atoms. The van der Waals surface area contributed by atoms with Gasteiger partial charge in [0, 0.05) is 38.1 Å². The molecular formula is C16H29N3O. The lowest BCUT2D eigenvalue weighted by molar-refractivity contribution is -0.122. The Morgan fingerprint density at radius 3 is 2.75 bits per heavy atom. The second-order valence-electron chi connectivity index (χ2n) is 6.87. The van der Waals surface area contributed by atoms with Crippen LogP contribution < -0.4 is 10.6 Å². The molecule has 3 fully saturated rings. The van der Waals surface area contributed by atoms with Gasteiger partial charge in [0.15, 0.2) is 0 Å². The molecule has 0 unspecified atom stereocenters. The summed E-state index contributed by atoms with van der Waals surface area (Å²) in [6.07, 6.45) is 9.64. The van der Waals surface area contributed by atoms with Crippen molar-refractivity contribution in [3.63, 3.8) is 0 Å². The molecule has 0 aromatic heterocycles. The van der Waals surface area contributed by atoms with E-state index in [1.165, 1.54) is 58.0 Å². The number of nitrogens with one attached hydrogen (secondary N) is 2. The van der Waals surface area contributed by atoms with Gasteiger partial charge >= 0.3 is 0 Å². The molecule has 2 atom stereocenters. The maximum absolute atomic E-state index is 12.0. The highest BCUT2D eigenvalue weighted by atomic mass is 16.1. The minimum Gasteiger partial charge on any atom is -0.353 e. The van der Waals surface area contributed by atoms with Crippen LogP contribution in [-0.4, -0.2) is 49.1 Å². The van der Waals surface area contributed by atoms with E-state index in [1.54, 1.807) is 0 Å². The quantitative estimate of drug-likeness (QED) is 0.820. The summed E-state index contributed by atoms with van der Waals surface area (Å²) < 4.78 is 0. The van der Waals surface area contributed by atoms with Crippen molar-refractivity contribution in [3.8, 4) is 0 Å². The SMILES string of the molecule is O=C(CCN1C[C@@H]2CCCN[C@@H]2C1)NC1CCCCC1. The Bertz CT molecular complexity index is 314. The van der Waals surface area contributed by atoms with E-state index in [0.717, 1.165) is 19.0 Å². The number of amides is 1. The van der Waals surface area contributed by atoms with E-state index >= 15 is 0 Å². The van der Waals surface area contributed by atoms with E-state index < -0.39 is 0 Å². The number of piperidine rings is 1. The standard InChI is InChI=1S/C16H29N3O/c20-16(18-14-6-2-1-3-7-14)8-10-19-11-13-5-4-9-17-15(13)12-19/h13-15,17H,1-12H2,(H,18,20)/t13-,15+/m0/s1. The molecule has 2 N–H and O–H groups in total. The van der Waals surface area contributed by atoms with Crippen LogP contribution in [0.2, 0.25) is 0 Å². The summed E-state index contributed by atoms with van der Waals surface area (Å²) >= 11 is 0. The Morgan fingerprint density at radius 1 is 1.10 bits per heavy atom. The van der Waals surface area contributed by atoms with Crippen molar-refractivity contribution < 1.29 is 4.79 Å². The Balaban J connectivity index is 1.35. The lowest BCUT2D eigenvalue weighted by atomic mass is 9.94. The van der Waals surface area contributed by atoms with Gasteiger partial charge in [-0.3, -0.25) is 4.79 Å². The van der Waals surface area contributed by atoms with Crippen molar-refractivity contribution in [3.05, 3.63) is 0 Å². The van der Waals surface area contributed by atoms with Gasteiger partial charge in [0.25, 0.3) is 0 Å². The average molecular weight is 279 g/mol. The summed E-state index contributed by atoms with van der Waals surface area (Å²) in [4.78, 5) is 14.5. The number of rotatable bonds is 4. The number of hydrogen-bond acceptors (Lipinski definition) is 3. The zero-order chi connectivity index (χ0) is 13.8. The van der Waals surface area contributed by atoms with E-state index in [1.807, 2.05) is 0 Å². The molecule has 1 aliphatic carbocycles. The van der Waals surface area contributed by atoms with Gasteiger partial charge in [0.05, 0.1) is 0 Å². The van der Waals surface area contributed by atoms with Crippen molar-refractivity contribution >= 4 is 5.91 Å². The Hall–Kier alpha value is -0.610. The molecule has 0 bridgehead atoms. The van der Waals surface area contributed by atoms with Gasteiger partial charge in [-0.2, -0.15) is 0 Å². The fraction of sp³-hybridized carbons (Fsp3) is 0.938. The van der Waals surface area contributed by atoms with Crippen LogP contribution in [0.3, 0.4) is 0 Å². The van der Waals surface area contributed by atoms with Crippen molar-refractivity contribution in [1.82, 2.24) is 15.5 Å². The summed E-state index contributed by atoms with van der Waals surface area (Å²) in [5.74, 6) is 1.09. The van der Waals surface area contributed by atoms with Gasteiger partial charge < -0.3 is 15.5 Å². The van der Waals surface area contributed by atoms with Crippen molar-refractivity contribution in [1.29, 1.82) is 0 Å². The van der Waals surface area contributed by atoms with E-state index in [4.69, 9.17) is 0 Å². The Labute approximate surface area is 122 Å². The maximum atomic E-state index is 12.0. The third-order valence-electron chi connectivity index (χ3n) is 5.30. The number of likely N-dealkylation sites (tertiary alicyclic amines) is 1. The molecule has 4 nitrogen and oxygen atoms in total. The maximum Gasteiger partial charge on any atom is 0.221 e. The zero-order valence-corrected chi connectivity index (χ0v) is 12.6. The van der Waals surface area contributed by atoms with Crippen molar-refractivity contribution in [2.75, 3.05) is 26.2 Å². The van der Waals surface area contributed by atoms with Crippen molar-refractivity contribution in [2.45, 2.75) is 63.5 Å². The first-order valence-electron chi connectivity index (χ1n) is 8.56. The Kier molecular flexibility index (Phi) is 4.94. The molecule has 0 radical (unpaired) electrons. The molecule has 0 aromatic rings. The first-order valence-corrected chi connectivity index (χ1v) is 8.56. The minimum atomic E-state index is 0.264. The van der Waals surface area contributed by atoms with Crippen LogP contribution >= 0.6 is 0 Å². The van der Waals surface area contributed by atoms with E-state index in [9.17, 15) is 4.79 Å². The summed E-state index contributed by atoms with van der Waals surface area (Å²) in [6.45, 7) is 4.44. The fourth-order valence-corrected chi connectivity index (χ4v) is 4.13. The number of carbonyl (C=O) groups excluding carboxylic acids is 1. The van der Waals surface area contributed by atoms with Gasteiger partial charge in [-0.05, 0) is 38.1 Å². The molecule has 114 valence electrons. The molecule has 2 saturated heterocycles. The molecule has 3 aliphatic rings. The fourth-order valence-electron chi connectivity index (χ4n) is 4.13. The van der Waals surface area contributed by atoms with E-state index in [-0.39, 0.29) is 5.91 Å². The summed E-state index contributed by atoms with van der Waals surface area (Å²) in [6, 6.07) is 1.14. The summed E-state index contributed by atoms with van der Waals surface area (Å²) in [5.41, 5.74) is 0. The smallest absolute Gasteiger partial charge is 0.221 e. The molecule has 2 heterocycles. The molecule has 0 aromatic carbocycles. The third-order valence-corrected chi connectivity index (χ3v) is 5.30. The van der Waals surface area contributed by atoms with Gasteiger partial charge in [0.1, 0.15) is 0 Å². The molecule has 2 aliphatic heterocycles. The first kappa shape index (κ1) is 14.3. The largest absolute Gasteiger partial charge is 0.353 e.